The molecule has 4 aromatic rings. The summed E-state index contributed by atoms with van der Waals surface area (Å²) < 4.78 is 47.5. The van der Waals surface area contributed by atoms with Gasteiger partial charge in [-0.05, 0) is 42.0 Å². The van der Waals surface area contributed by atoms with E-state index < -0.39 is 12.3 Å². The van der Waals surface area contributed by atoms with Gasteiger partial charge in [0.1, 0.15) is 18.7 Å². The molecule has 0 saturated carbocycles. The molecule has 0 radical (unpaired) electrons. The van der Waals surface area contributed by atoms with E-state index in [4.69, 9.17) is 27.9 Å². The highest BCUT2D eigenvalue weighted by Crippen LogP contribution is 2.26. The number of benzene rings is 3. The molecule has 0 aliphatic heterocycles. The van der Waals surface area contributed by atoms with Crippen molar-refractivity contribution >= 4 is 29.2 Å². The molecule has 4 rings (SSSR count). The van der Waals surface area contributed by atoms with Gasteiger partial charge in [0.15, 0.2) is 5.82 Å². The maximum Gasteiger partial charge on any atom is 0.573 e. The van der Waals surface area contributed by atoms with Gasteiger partial charge < -0.3 is 9.47 Å². The molecule has 1 heterocycles. The average Bonchev–Trinajstić information content (AvgIpc) is 3.29. The zero-order valence-corrected chi connectivity index (χ0v) is 19.3. The molecule has 0 aliphatic carbocycles. The fourth-order valence-corrected chi connectivity index (χ4v) is 3.64. The van der Waals surface area contributed by atoms with E-state index in [-0.39, 0.29) is 18.8 Å². The van der Waals surface area contributed by atoms with Crippen molar-refractivity contribution in [3.05, 3.63) is 94.2 Å². The summed E-state index contributed by atoms with van der Waals surface area (Å²) in [6, 6.07) is 17.3. The third-order valence-corrected chi connectivity index (χ3v) is 5.53. The fraction of sp³-hybridized carbons (Fsp3) is 0.125. The summed E-state index contributed by atoms with van der Waals surface area (Å²) in [4.78, 5) is 16.5. The predicted molar refractivity (Wildman–Crippen MR) is 123 cm³/mol. The quantitative estimate of drug-likeness (QED) is 0.262. The number of hydrogen-bond donors (Lipinski definition) is 0. The zero-order valence-electron chi connectivity index (χ0n) is 17.8. The molecule has 0 fully saturated rings. The van der Waals surface area contributed by atoms with Crippen molar-refractivity contribution in [3.8, 4) is 22.8 Å². The van der Waals surface area contributed by atoms with E-state index in [0.29, 0.717) is 32.7 Å². The number of nitrogens with zero attached hydrogens (tertiary/aromatic N) is 3. The van der Waals surface area contributed by atoms with Crippen molar-refractivity contribution in [1.29, 1.82) is 0 Å². The van der Waals surface area contributed by atoms with Gasteiger partial charge in [0, 0.05) is 21.2 Å². The van der Waals surface area contributed by atoms with Crippen molar-refractivity contribution in [2.24, 2.45) is 0 Å². The first-order valence-corrected chi connectivity index (χ1v) is 10.9. The van der Waals surface area contributed by atoms with Crippen LogP contribution in [0.15, 0.2) is 73.1 Å². The lowest BCUT2D eigenvalue weighted by Crippen LogP contribution is -2.17. The molecule has 1 aromatic heterocycles. The number of esters is 1. The molecule has 0 atom stereocenters. The van der Waals surface area contributed by atoms with Gasteiger partial charge in [-0.2, -0.15) is 0 Å². The lowest BCUT2D eigenvalue weighted by molar-refractivity contribution is -0.274. The fourth-order valence-electron chi connectivity index (χ4n) is 3.13. The van der Waals surface area contributed by atoms with Crippen LogP contribution in [0.1, 0.15) is 11.1 Å². The van der Waals surface area contributed by atoms with Crippen LogP contribution in [0, 0.1) is 0 Å². The summed E-state index contributed by atoms with van der Waals surface area (Å²) in [5.41, 5.74) is 2.48. The Morgan fingerprint density at radius 2 is 1.60 bits per heavy atom. The van der Waals surface area contributed by atoms with Crippen LogP contribution in [0.4, 0.5) is 13.2 Å². The maximum absolute atomic E-state index is 12.3. The smallest absolute Gasteiger partial charge is 0.460 e. The van der Waals surface area contributed by atoms with E-state index in [1.54, 1.807) is 42.5 Å². The Hall–Kier alpha value is -3.56. The van der Waals surface area contributed by atoms with Gasteiger partial charge in [-0.25, -0.2) is 9.67 Å². The van der Waals surface area contributed by atoms with Crippen molar-refractivity contribution in [2.45, 2.75) is 19.4 Å². The van der Waals surface area contributed by atoms with Gasteiger partial charge in [-0.15, -0.1) is 18.3 Å². The highest BCUT2D eigenvalue weighted by atomic mass is 35.5. The first kappa shape index (κ1) is 24.6. The van der Waals surface area contributed by atoms with Gasteiger partial charge in [-0.1, -0.05) is 53.5 Å². The number of halogens is 5. The molecule has 11 heteroatoms. The molecular formula is C24H16Cl2F3N3O3. The third kappa shape index (κ3) is 6.52. The van der Waals surface area contributed by atoms with Gasteiger partial charge >= 0.3 is 12.3 Å². The lowest BCUT2D eigenvalue weighted by Gasteiger charge is -2.09. The molecule has 6 nitrogen and oxygen atoms in total. The molecule has 180 valence electrons. The summed E-state index contributed by atoms with van der Waals surface area (Å²) in [6.45, 7) is -0.0277. The Bertz CT molecular complexity index is 1300. The molecule has 0 spiro atoms. The van der Waals surface area contributed by atoms with Crippen molar-refractivity contribution in [3.63, 3.8) is 0 Å². The second-order valence-corrected chi connectivity index (χ2v) is 8.10. The first-order valence-electron chi connectivity index (χ1n) is 10.1. The summed E-state index contributed by atoms with van der Waals surface area (Å²) in [5.74, 6) is -0.358. The maximum atomic E-state index is 12.3. The van der Waals surface area contributed by atoms with E-state index in [9.17, 15) is 18.0 Å². The Labute approximate surface area is 207 Å². The molecular weight excluding hydrogens is 506 g/mol. The standard InChI is InChI=1S/C24H16Cl2F3N3O3/c25-20-2-1-3-21(26)19(20)13-34-22(33)12-15-4-6-16(7-5-15)23-30-14-32(31-23)17-8-10-18(11-9-17)35-24(27,28)29/h1-11,14H,12-13H2. The van der Waals surface area contributed by atoms with Gasteiger partial charge in [0.05, 0.1) is 12.1 Å². The Balaban J connectivity index is 1.36. The van der Waals surface area contributed by atoms with Crippen molar-refractivity contribution < 1.29 is 27.4 Å². The number of hydrogen-bond acceptors (Lipinski definition) is 5. The van der Waals surface area contributed by atoms with Gasteiger partial charge in [0.2, 0.25) is 0 Å². The Morgan fingerprint density at radius 1 is 0.943 bits per heavy atom. The molecule has 0 saturated heterocycles. The van der Waals surface area contributed by atoms with Crippen LogP contribution in [0.3, 0.4) is 0 Å². The second kappa shape index (κ2) is 10.4. The number of ether oxygens (including phenoxy) is 2. The van der Waals surface area contributed by atoms with Crippen LogP contribution in [-0.2, 0) is 22.6 Å². The zero-order chi connectivity index (χ0) is 25.0. The van der Waals surface area contributed by atoms with Gasteiger partial charge in [0.25, 0.3) is 0 Å². The predicted octanol–water partition coefficient (Wildman–Crippen LogP) is 6.43. The SMILES string of the molecule is O=C(Cc1ccc(-c2ncn(-c3ccc(OC(F)(F)F)cc3)n2)cc1)OCc1c(Cl)cccc1Cl. The van der Waals surface area contributed by atoms with Crippen LogP contribution in [0.5, 0.6) is 5.75 Å². The molecule has 0 N–H and O–H groups in total. The van der Waals surface area contributed by atoms with E-state index in [0.717, 1.165) is 5.56 Å². The largest absolute Gasteiger partial charge is 0.573 e. The van der Waals surface area contributed by atoms with Crippen LogP contribution in [0.2, 0.25) is 10.0 Å². The number of aromatic nitrogens is 3. The minimum absolute atomic E-state index is 0.0277. The first-order chi connectivity index (χ1) is 16.7. The van der Waals surface area contributed by atoms with E-state index in [2.05, 4.69) is 14.8 Å². The lowest BCUT2D eigenvalue weighted by atomic mass is 10.1. The Kier molecular flexibility index (Phi) is 7.28. The number of carbonyl (C=O) groups is 1. The summed E-state index contributed by atoms with van der Waals surface area (Å²) in [5, 5.41) is 5.20. The summed E-state index contributed by atoms with van der Waals surface area (Å²) in [6.07, 6.45) is -3.26. The molecule has 35 heavy (non-hydrogen) atoms. The molecule has 0 unspecified atom stereocenters. The number of alkyl halides is 3. The van der Waals surface area contributed by atoms with Crippen LogP contribution < -0.4 is 4.74 Å². The molecule has 0 aliphatic rings. The normalized spacial score (nSPS) is 11.3. The van der Waals surface area contributed by atoms with Crippen molar-refractivity contribution in [2.75, 3.05) is 0 Å². The highest BCUT2D eigenvalue weighted by Gasteiger charge is 2.31. The topological polar surface area (TPSA) is 66.2 Å². The average molecular weight is 522 g/mol. The molecule has 0 amide bonds. The van der Waals surface area contributed by atoms with Crippen LogP contribution in [-0.4, -0.2) is 27.1 Å². The third-order valence-electron chi connectivity index (χ3n) is 4.83. The Morgan fingerprint density at radius 3 is 2.23 bits per heavy atom. The van der Waals surface area contributed by atoms with Crippen molar-refractivity contribution in [1.82, 2.24) is 14.8 Å². The molecule has 0 bridgehead atoms. The minimum Gasteiger partial charge on any atom is -0.460 e. The van der Waals surface area contributed by atoms with E-state index in [1.807, 2.05) is 0 Å². The van der Waals surface area contributed by atoms with Gasteiger partial charge in [-0.3, -0.25) is 4.79 Å². The monoisotopic (exact) mass is 521 g/mol. The summed E-state index contributed by atoms with van der Waals surface area (Å²) >= 11 is 12.2. The van der Waals surface area contributed by atoms with Crippen LogP contribution >= 0.6 is 23.2 Å². The number of rotatable bonds is 7. The van der Waals surface area contributed by atoms with E-state index in [1.165, 1.54) is 35.3 Å². The highest BCUT2D eigenvalue weighted by molar-refractivity contribution is 6.35. The van der Waals surface area contributed by atoms with Crippen LogP contribution in [0.25, 0.3) is 17.1 Å². The minimum atomic E-state index is -4.76. The number of carbonyl (C=O) groups excluding carboxylic acids is 1. The summed E-state index contributed by atoms with van der Waals surface area (Å²) in [7, 11) is 0. The second-order valence-electron chi connectivity index (χ2n) is 7.29. The molecule has 3 aromatic carbocycles. The van der Waals surface area contributed by atoms with E-state index >= 15 is 0 Å².